The lowest BCUT2D eigenvalue weighted by molar-refractivity contribution is -0.136. The Kier molecular flexibility index (Phi) is 7.14. The number of aryl methyl sites for hydroxylation is 1. The van der Waals surface area contributed by atoms with E-state index in [-0.39, 0.29) is 34.8 Å². The Bertz CT molecular complexity index is 1840. The van der Waals surface area contributed by atoms with Gasteiger partial charge in [0.05, 0.1) is 22.6 Å². The summed E-state index contributed by atoms with van der Waals surface area (Å²) >= 11 is 1.21. The minimum atomic E-state index is -1.14. The van der Waals surface area contributed by atoms with E-state index < -0.39 is 28.8 Å². The van der Waals surface area contributed by atoms with Crippen LogP contribution in [0.4, 0.5) is 13.2 Å². The van der Waals surface area contributed by atoms with Gasteiger partial charge in [-0.1, -0.05) is 18.2 Å². The second-order valence-electron chi connectivity index (χ2n) is 10.3. The van der Waals surface area contributed by atoms with Gasteiger partial charge in [0, 0.05) is 40.9 Å². The molecule has 5 aromatic rings. The lowest BCUT2D eigenvalue weighted by Gasteiger charge is -2.36. The number of nitrogens with zero attached hydrogens (tertiary/aromatic N) is 1. The third-order valence-corrected chi connectivity index (χ3v) is 8.56. The Balaban J connectivity index is 1.35. The van der Waals surface area contributed by atoms with E-state index in [1.165, 1.54) is 36.2 Å². The van der Waals surface area contributed by atoms with Gasteiger partial charge in [-0.05, 0) is 55.9 Å². The molecule has 0 bridgehead atoms. The number of thioether (sulfide) groups is 1. The van der Waals surface area contributed by atoms with Gasteiger partial charge >= 0.3 is 5.97 Å². The lowest BCUT2D eigenvalue weighted by Crippen LogP contribution is -2.32. The third-order valence-electron chi connectivity index (χ3n) is 7.74. The third kappa shape index (κ3) is 4.67. The molecular formula is C31H26F3N3O4S. The van der Waals surface area contributed by atoms with Gasteiger partial charge in [0.25, 0.3) is 0 Å². The van der Waals surface area contributed by atoms with Gasteiger partial charge in [-0.2, -0.15) is 4.39 Å². The van der Waals surface area contributed by atoms with Crippen LogP contribution in [0.2, 0.25) is 0 Å². The monoisotopic (exact) mass is 593 g/mol. The van der Waals surface area contributed by atoms with Gasteiger partial charge in [-0.3, -0.25) is 4.79 Å². The maximum atomic E-state index is 15.1. The van der Waals surface area contributed by atoms with Crippen LogP contribution in [0.1, 0.15) is 36.6 Å². The summed E-state index contributed by atoms with van der Waals surface area (Å²) in [4.78, 5) is 22.0. The molecule has 0 aliphatic carbocycles. The number of carboxylic acid groups (broad SMARTS) is 1. The number of hydrogen-bond acceptors (Lipinski definition) is 5. The summed E-state index contributed by atoms with van der Waals surface area (Å²) < 4.78 is 56.7. The molecule has 1 atom stereocenters. The zero-order valence-corrected chi connectivity index (χ0v) is 23.5. The van der Waals surface area contributed by atoms with Crippen molar-refractivity contribution in [1.29, 1.82) is 0 Å². The maximum Gasteiger partial charge on any atom is 0.303 e. The van der Waals surface area contributed by atoms with E-state index in [1.807, 2.05) is 25.1 Å². The molecule has 0 unspecified atom stereocenters. The van der Waals surface area contributed by atoms with Crippen LogP contribution in [0.15, 0.2) is 59.8 Å². The molecule has 0 saturated carbocycles. The van der Waals surface area contributed by atoms with Crippen molar-refractivity contribution in [3.05, 3.63) is 89.1 Å². The number of rotatable bonds is 8. The Labute approximate surface area is 243 Å². The van der Waals surface area contributed by atoms with Crippen LogP contribution in [0, 0.1) is 17.5 Å². The van der Waals surface area contributed by atoms with Crippen LogP contribution in [0.25, 0.3) is 22.3 Å². The predicted molar refractivity (Wildman–Crippen MR) is 153 cm³/mol. The van der Waals surface area contributed by atoms with Crippen molar-refractivity contribution < 1.29 is 32.5 Å². The van der Waals surface area contributed by atoms with E-state index in [0.29, 0.717) is 35.5 Å². The van der Waals surface area contributed by atoms with E-state index in [2.05, 4.69) is 15.0 Å². The maximum absolute atomic E-state index is 15.1. The van der Waals surface area contributed by atoms with Crippen molar-refractivity contribution in [1.82, 2.24) is 15.0 Å². The fraction of sp³-hybridized carbons (Fsp3) is 0.226. The number of para-hydroxylation sites is 1. The zero-order valence-electron chi connectivity index (χ0n) is 22.7. The van der Waals surface area contributed by atoms with Crippen LogP contribution in [-0.2, 0) is 16.6 Å². The van der Waals surface area contributed by atoms with E-state index >= 15 is 8.78 Å². The fourth-order valence-corrected chi connectivity index (χ4v) is 6.18. The highest BCUT2D eigenvalue weighted by Gasteiger charge is 2.38. The number of aromatic nitrogens is 3. The highest BCUT2D eigenvalue weighted by Crippen LogP contribution is 2.46. The second kappa shape index (κ2) is 10.8. The quantitative estimate of drug-likeness (QED) is 0.160. The van der Waals surface area contributed by atoms with Crippen molar-refractivity contribution in [3.8, 4) is 28.6 Å². The van der Waals surface area contributed by atoms with Crippen molar-refractivity contribution in [2.24, 2.45) is 0 Å². The molecular weight excluding hydrogens is 567 g/mol. The molecule has 7 nitrogen and oxygen atoms in total. The predicted octanol–water partition coefficient (Wildman–Crippen LogP) is 7.60. The Hall–Kier alpha value is -4.38. The number of H-pyrrole nitrogens is 2. The first-order chi connectivity index (χ1) is 20.2. The van der Waals surface area contributed by atoms with E-state index in [4.69, 9.17) is 14.6 Å². The van der Waals surface area contributed by atoms with Crippen LogP contribution < -0.4 is 9.47 Å². The van der Waals surface area contributed by atoms with Crippen molar-refractivity contribution >= 4 is 28.6 Å². The van der Waals surface area contributed by atoms with Crippen LogP contribution in [-0.4, -0.2) is 38.9 Å². The number of carboxylic acids is 1. The first-order valence-electron chi connectivity index (χ1n) is 13.2. The summed E-state index contributed by atoms with van der Waals surface area (Å²) in [5, 5.41) is 9.63. The van der Waals surface area contributed by atoms with Gasteiger partial charge in [0.2, 0.25) is 5.82 Å². The molecule has 2 aromatic heterocycles. The van der Waals surface area contributed by atoms with E-state index in [1.54, 1.807) is 18.5 Å². The molecule has 42 heavy (non-hydrogen) atoms. The highest BCUT2D eigenvalue weighted by atomic mass is 32.2. The van der Waals surface area contributed by atoms with Gasteiger partial charge in [0.1, 0.15) is 23.1 Å². The van der Waals surface area contributed by atoms with Crippen molar-refractivity contribution in [3.63, 3.8) is 0 Å². The number of carbonyl (C=O) groups is 1. The van der Waals surface area contributed by atoms with Crippen LogP contribution >= 0.6 is 11.8 Å². The van der Waals surface area contributed by atoms with E-state index in [0.717, 1.165) is 16.8 Å². The number of benzene rings is 3. The Morgan fingerprint density at radius 1 is 1.19 bits per heavy atom. The molecule has 3 heterocycles. The van der Waals surface area contributed by atoms with Gasteiger partial charge < -0.3 is 24.5 Å². The normalized spacial score (nSPS) is 16.3. The molecule has 0 spiro atoms. The fourth-order valence-electron chi connectivity index (χ4n) is 5.47. The molecule has 3 aromatic carbocycles. The van der Waals surface area contributed by atoms with Crippen molar-refractivity contribution in [2.45, 2.75) is 36.5 Å². The Morgan fingerprint density at radius 2 is 2.02 bits per heavy atom. The summed E-state index contributed by atoms with van der Waals surface area (Å²) in [7, 11) is 0. The molecule has 1 aliphatic heterocycles. The lowest BCUT2D eigenvalue weighted by atomic mass is 9.74. The van der Waals surface area contributed by atoms with Crippen LogP contribution in [0.3, 0.4) is 0 Å². The largest absolute Gasteiger partial charge is 0.493 e. The van der Waals surface area contributed by atoms with Gasteiger partial charge in [0.15, 0.2) is 11.6 Å². The average molecular weight is 594 g/mol. The molecule has 3 N–H and O–H groups in total. The zero-order chi connectivity index (χ0) is 29.6. The van der Waals surface area contributed by atoms with Gasteiger partial charge in [-0.25, -0.2) is 13.8 Å². The molecule has 0 amide bonds. The summed E-state index contributed by atoms with van der Waals surface area (Å²) in [5.74, 6) is -2.94. The number of aromatic amines is 2. The minimum absolute atomic E-state index is 0.0174. The molecule has 0 saturated heterocycles. The Morgan fingerprint density at radius 3 is 2.81 bits per heavy atom. The second-order valence-corrected chi connectivity index (χ2v) is 11.1. The standard InChI is InChI=1S/C31H26F3N3O4S/c1-31(11-13-40-27-16(6-9-23(38)39)4-3-5-20(27)31)22-15-36-30(37-22)19-14-17(7-8-21(19)32)41-28-25(34)24(33)26-18(10-12-35-26)29(28)42-2/h3-5,7-8,10,12,14-15,35H,6,9,11,13H2,1-2H3,(H,36,37)(H,38,39)/t31-/m0/s1. The molecule has 6 rings (SSSR count). The number of fused-ring (bicyclic) bond motifs is 2. The number of imidazole rings is 1. The first-order valence-corrected chi connectivity index (χ1v) is 14.5. The molecule has 0 radical (unpaired) electrons. The minimum Gasteiger partial charge on any atom is -0.493 e. The average Bonchev–Trinajstić information content (AvgIpc) is 3.67. The number of hydrogen-bond donors (Lipinski definition) is 3. The molecule has 11 heteroatoms. The summed E-state index contributed by atoms with van der Waals surface area (Å²) in [6, 6.07) is 11.2. The first kappa shape index (κ1) is 27.8. The summed E-state index contributed by atoms with van der Waals surface area (Å²) in [6.07, 6.45) is 5.82. The number of ether oxygens (including phenoxy) is 2. The smallest absolute Gasteiger partial charge is 0.303 e. The number of halogens is 3. The number of aliphatic carboxylic acids is 1. The van der Waals surface area contributed by atoms with E-state index in [9.17, 15) is 9.18 Å². The van der Waals surface area contributed by atoms with Crippen molar-refractivity contribution in [2.75, 3.05) is 12.9 Å². The molecule has 1 aliphatic rings. The highest BCUT2D eigenvalue weighted by molar-refractivity contribution is 7.99. The number of nitrogens with one attached hydrogen (secondary N) is 2. The SMILES string of the molecule is CSc1c(Oc2ccc(F)c(-c3ncc([C@@]4(C)CCOc5c(CCC(=O)O)cccc54)[nH]3)c2)c(F)c(F)c2[nH]ccc12. The van der Waals surface area contributed by atoms with Crippen LogP contribution in [0.5, 0.6) is 17.2 Å². The van der Waals surface area contributed by atoms with Gasteiger partial charge in [-0.15, -0.1) is 11.8 Å². The summed E-state index contributed by atoms with van der Waals surface area (Å²) in [5.41, 5.74) is 1.99. The summed E-state index contributed by atoms with van der Waals surface area (Å²) in [6.45, 7) is 2.44. The topological polar surface area (TPSA) is 100 Å². The molecule has 216 valence electrons. The molecule has 0 fully saturated rings.